The Bertz CT molecular complexity index is 997. The van der Waals surface area contributed by atoms with E-state index in [9.17, 15) is 5.11 Å². The molecular weight excluding hydrogens is 272 g/mol. The molecule has 0 saturated heterocycles. The fourth-order valence-corrected chi connectivity index (χ4v) is 3.13. The lowest BCUT2D eigenvalue weighted by atomic mass is 10.0. The van der Waals surface area contributed by atoms with E-state index in [4.69, 9.17) is 5.73 Å². The van der Waals surface area contributed by atoms with Crippen LogP contribution in [0.15, 0.2) is 60.7 Å². The molecule has 4 aromatic rings. The van der Waals surface area contributed by atoms with Gasteiger partial charge in [0.1, 0.15) is 5.75 Å². The summed E-state index contributed by atoms with van der Waals surface area (Å²) in [6.07, 6.45) is 0. The number of nitrogens with zero attached hydrogens (tertiary/aromatic N) is 1. The maximum absolute atomic E-state index is 9.44. The van der Waals surface area contributed by atoms with Crippen LogP contribution >= 0.6 is 0 Å². The van der Waals surface area contributed by atoms with Gasteiger partial charge >= 0.3 is 0 Å². The summed E-state index contributed by atoms with van der Waals surface area (Å²) >= 11 is 0. The number of fused-ring (bicyclic) bond motifs is 3. The molecule has 3 heteroatoms. The van der Waals surface area contributed by atoms with E-state index in [0.29, 0.717) is 0 Å². The fourth-order valence-electron chi connectivity index (χ4n) is 3.13. The molecule has 0 saturated carbocycles. The molecule has 108 valence electrons. The fraction of sp³-hybridized carbons (Fsp3) is 0.0526. The van der Waals surface area contributed by atoms with E-state index in [1.807, 2.05) is 30.3 Å². The van der Waals surface area contributed by atoms with E-state index in [1.54, 1.807) is 12.1 Å². The van der Waals surface area contributed by atoms with Crippen molar-refractivity contribution in [2.45, 2.75) is 0 Å². The third-order valence-corrected chi connectivity index (χ3v) is 4.24. The second-order valence-corrected chi connectivity index (χ2v) is 5.58. The average molecular weight is 288 g/mol. The van der Waals surface area contributed by atoms with Gasteiger partial charge in [-0.05, 0) is 41.5 Å². The van der Waals surface area contributed by atoms with Gasteiger partial charge in [-0.25, -0.2) is 0 Å². The van der Waals surface area contributed by atoms with Crippen molar-refractivity contribution in [1.82, 2.24) is 4.57 Å². The zero-order valence-corrected chi connectivity index (χ0v) is 12.2. The molecule has 0 fully saturated rings. The van der Waals surface area contributed by atoms with Gasteiger partial charge in [-0.2, -0.15) is 0 Å². The molecule has 1 heterocycles. The monoisotopic (exact) mass is 288 g/mol. The van der Waals surface area contributed by atoms with Crippen LogP contribution in [0.25, 0.3) is 32.9 Å². The van der Waals surface area contributed by atoms with Gasteiger partial charge in [-0.1, -0.05) is 30.3 Å². The van der Waals surface area contributed by atoms with Crippen LogP contribution < -0.4 is 5.73 Å². The van der Waals surface area contributed by atoms with Crippen LogP contribution in [0, 0.1) is 0 Å². The van der Waals surface area contributed by atoms with Gasteiger partial charge in [0, 0.05) is 29.0 Å². The molecule has 0 bridgehead atoms. The summed E-state index contributed by atoms with van der Waals surface area (Å²) in [4.78, 5) is 0. The van der Waals surface area contributed by atoms with Crippen molar-refractivity contribution in [1.29, 1.82) is 0 Å². The zero-order valence-electron chi connectivity index (χ0n) is 12.2. The molecule has 0 atom stereocenters. The van der Waals surface area contributed by atoms with E-state index < -0.39 is 0 Å². The highest BCUT2D eigenvalue weighted by molar-refractivity contribution is 6.14. The highest BCUT2D eigenvalue weighted by atomic mass is 16.3. The van der Waals surface area contributed by atoms with Crippen LogP contribution in [0.1, 0.15) is 0 Å². The smallest absolute Gasteiger partial charge is 0.115 e. The lowest BCUT2D eigenvalue weighted by Gasteiger charge is -2.07. The zero-order chi connectivity index (χ0) is 15.3. The number of anilines is 1. The van der Waals surface area contributed by atoms with E-state index in [2.05, 4.69) is 29.8 Å². The van der Waals surface area contributed by atoms with E-state index in [0.717, 1.165) is 27.7 Å². The number of aromatic hydroxyl groups is 1. The molecule has 3 N–H and O–H groups in total. The number of benzene rings is 3. The highest BCUT2D eigenvalue weighted by Crippen LogP contribution is 2.36. The van der Waals surface area contributed by atoms with Gasteiger partial charge < -0.3 is 15.4 Å². The first-order chi connectivity index (χ1) is 10.6. The van der Waals surface area contributed by atoms with Gasteiger partial charge in [0.25, 0.3) is 0 Å². The van der Waals surface area contributed by atoms with Gasteiger partial charge in [-0.3, -0.25) is 0 Å². The maximum Gasteiger partial charge on any atom is 0.115 e. The molecule has 0 radical (unpaired) electrons. The number of para-hydroxylation sites is 1. The van der Waals surface area contributed by atoms with Crippen LogP contribution in [0.5, 0.6) is 5.75 Å². The first-order valence-electron chi connectivity index (χ1n) is 7.21. The molecule has 1 aromatic heterocycles. The van der Waals surface area contributed by atoms with Crippen molar-refractivity contribution < 1.29 is 5.11 Å². The number of hydrogen-bond donors (Lipinski definition) is 2. The minimum Gasteiger partial charge on any atom is -0.508 e. The summed E-state index contributed by atoms with van der Waals surface area (Å²) in [7, 11) is 2.06. The first kappa shape index (κ1) is 12.8. The number of aromatic nitrogens is 1. The molecule has 22 heavy (non-hydrogen) atoms. The number of hydrogen-bond acceptors (Lipinski definition) is 2. The largest absolute Gasteiger partial charge is 0.508 e. The average Bonchev–Trinajstić information content (AvgIpc) is 2.82. The molecule has 4 rings (SSSR count). The molecule has 0 amide bonds. The summed E-state index contributed by atoms with van der Waals surface area (Å²) in [6.45, 7) is 0. The van der Waals surface area contributed by atoms with Crippen molar-refractivity contribution in [2.24, 2.45) is 7.05 Å². The van der Waals surface area contributed by atoms with Crippen LogP contribution in [-0.2, 0) is 7.05 Å². The normalized spacial score (nSPS) is 11.3. The van der Waals surface area contributed by atoms with E-state index in [-0.39, 0.29) is 5.75 Å². The Kier molecular flexibility index (Phi) is 2.63. The summed E-state index contributed by atoms with van der Waals surface area (Å²) in [5, 5.41) is 11.7. The predicted molar refractivity (Wildman–Crippen MR) is 91.9 cm³/mol. The van der Waals surface area contributed by atoms with Crippen molar-refractivity contribution >= 4 is 27.5 Å². The van der Waals surface area contributed by atoms with E-state index in [1.165, 1.54) is 10.9 Å². The van der Waals surface area contributed by atoms with Crippen molar-refractivity contribution in [3.05, 3.63) is 60.7 Å². The van der Waals surface area contributed by atoms with Crippen LogP contribution in [0.4, 0.5) is 5.69 Å². The summed E-state index contributed by atoms with van der Waals surface area (Å²) < 4.78 is 2.17. The maximum atomic E-state index is 9.44. The van der Waals surface area contributed by atoms with Crippen molar-refractivity contribution in [3.8, 4) is 16.9 Å². The van der Waals surface area contributed by atoms with Gasteiger partial charge in [-0.15, -0.1) is 0 Å². The Morgan fingerprint density at radius 3 is 2.36 bits per heavy atom. The lowest BCUT2D eigenvalue weighted by molar-refractivity contribution is 0.475. The van der Waals surface area contributed by atoms with Gasteiger partial charge in [0.05, 0.1) is 5.52 Å². The molecular formula is C19H16N2O. The highest BCUT2D eigenvalue weighted by Gasteiger charge is 2.12. The Balaban J connectivity index is 2.06. The summed E-state index contributed by atoms with van der Waals surface area (Å²) in [5.74, 6) is 0.266. The molecule has 0 unspecified atom stereocenters. The van der Waals surface area contributed by atoms with Crippen LogP contribution in [-0.4, -0.2) is 9.67 Å². The van der Waals surface area contributed by atoms with Gasteiger partial charge in [0.2, 0.25) is 0 Å². The Hall–Kier alpha value is -2.94. The minimum absolute atomic E-state index is 0.266. The lowest BCUT2D eigenvalue weighted by Crippen LogP contribution is -1.91. The standard InChI is InChI=1S/C19H16N2O/c1-21-17-5-3-2-4-15(17)19-16(20)10-13(11-18(19)21)12-6-8-14(22)9-7-12/h2-11,22H,20H2,1H3. The molecule has 0 aliphatic rings. The Morgan fingerprint density at radius 1 is 0.864 bits per heavy atom. The van der Waals surface area contributed by atoms with Gasteiger partial charge in [0.15, 0.2) is 0 Å². The first-order valence-corrected chi connectivity index (χ1v) is 7.21. The predicted octanol–water partition coefficient (Wildman–Crippen LogP) is 4.29. The third-order valence-electron chi connectivity index (χ3n) is 4.24. The Morgan fingerprint density at radius 2 is 1.59 bits per heavy atom. The van der Waals surface area contributed by atoms with Crippen LogP contribution in [0.2, 0.25) is 0 Å². The molecule has 0 spiro atoms. The SMILES string of the molecule is Cn1c2ccccc2c2c(N)cc(-c3ccc(O)cc3)cc21. The topological polar surface area (TPSA) is 51.2 Å². The number of aryl methyl sites for hydroxylation is 1. The Labute approximate surface area is 128 Å². The van der Waals surface area contributed by atoms with Crippen LogP contribution in [0.3, 0.4) is 0 Å². The number of phenolic OH excluding ortho intramolecular Hbond substituents is 1. The molecule has 3 nitrogen and oxygen atoms in total. The number of nitrogens with two attached hydrogens (primary N) is 1. The molecule has 0 aliphatic heterocycles. The van der Waals surface area contributed by atoms with E-state index >= 15 is 0 Å². The number of rotatable bonds is 1. The number of phenols is 1. The molecule has 0 aliphatic carbocycles. The summed E-state index contributed by atoms with van der Waals surface area (Å²) in [5.41, 5.74) is 11.5. The third kappa shape index (κ3) is 1.76. The van der Waals surface area contributed by atoms with Crippen molar-refractivity contribution in [2.75, 3.05) is 5.73 Å². The number of nitrogen functional groups attached to an aromatic ring is 1. The second-order valence-electron chi connectivity index (χ2n) is 5.58. The second kappa shape index (κ2) is 4.53. The quantitative estimate of drug-likeness (QED) is 0.513. The van der Waals surface area contributed by atoms with Crippen molar-refractivity contribution in [3.63, 3.8) is 0 Å². The minimum atomic E-state index is 0.266. The molecule has 3 aromatic carbocycles. The summed E-state index contributed by atoms with van der Waals surface area (Å²) in [6, 6.07) is 19.6.